The monoisotopic (exact) mass is 427 g/mol. The summed E-state index contributed by atoms with van der Waals surface area (Å²) in [4.78, 5) is 21.3. The quantitative estimate of drug-likeness (QED) is 0.552. The van der Waals surface area contributed by atoms with E-state index in [1.165, 1.54) is 32.1 Å². The first-order chi connectivity index (χ1) is 15.6. The predicted molar refractivity (Wildman–Crippen MR) is 127 cm³/mol. The molecule has 1 aliphatic carbocycles. The zero-order valence-corrected chi connectivity index (χ0v) is 18.6. The van der Waals surface area contributed by atoms with E-state index in [4.69, 9.17) is 4.98 Å². The van der Waals surface area contributed by atoms with Crippen molar-refractivity contribution in [1.29, 1.82) is 5.26 Å². The fourth-order valence-electron chi connectivity index (χ4n) is 5.12. The molecule has 0 bridgehead atoms. The minimum absolute atomic E-state index is 0.0976. The third-order valence-electron chi connectivity index (χ3n) is 6.99. The number of hydrogen-bond donors (Lipinski definition) is 0. The summed E-state index contributed by atoms with van der Waals surface area (Å²) in [5.74, 6) is 1.09. The molecule has 0 N–H and O–H groups in total. The number of Topliss-reactive ketones (excluding diaryl/α,β-unsaturated/α-hetero) is 1. The van der Waals surface area contributed by atoms with Gasteiger partial charge in [0.15, 0.2) is 5.78 Å². The third kappa shape index (κ3) is 3.84. The molecule has 0 spiro atoms. The van der Waals surface area contributed by atoms with Gasteiger partial charge in [0, 0.05) is 55.1 Å². The van der Waals surface area contributed by atoms with Crippen LogP contribution in [0.4, 0.5) is 11.5 Å². The molecule has 0 radical (unpaired) electrons. The second-order valence-corrected chi connectivity index (χ2v) is 8.97. The molecule has 0 unspecified atom stereocenters. The molecule has 1 aliphatic heterocycles. The van der Waals surface area contributed by atoms with Crippen LogP contribution in [-0.4, -0.2) is 41.5 Å². The number of aromatic nitrogens is 2. The standard InChI is InChI=1S/C26H29N5O/c1-19(32)20-7-9-22(10-8-20)29-13-15-30(16-14-29)25-12-11-24-21(17-27)18-31(26(24)28-25)23-5-3-2-4-6-23/h7-12,18,23H,2-6,13-16H2,1H3. The number of benzene rings is 1. The van der Waals surface area contributed by atoms with E-state index in [9.17, 15) is 10.1 Å². The van der Waals surface area contributed by atoms with Gasteiger partial charge in [-0.1, -0.05) is 19.3 Å². The molecule has 5 rings (SSSR count). The van der Waals surface area contributed by atoms with Crippen LogP contribution in [0.15, 0.2) is 42.6 Å². The lowest BCUT2D eigenvalue weighted by Gasteiger charge is -2.37. The number of carbonyl (C=O) groups is 1. The van der Waals surface area contributed by atoms with Crippen LogP contribution >= 0.6 is 0 Å². The number of nitrogens with zero attached hydrogens (tertiary/aromatic N) is 5. The number of anilines is 2. The number of piperazine rings is 1. The molecule has 164 valence electrons. The molecule has 0 atom stereocenters. The lowest BCUT2D eigenvalue weighted by Crippen LogP contribution is -2.46. The van der Waals surface area contributed by atoms with Gasteiger partial charge in [-0.05, 0) is 56.2 Å². The molecule has 6 nitrogen and oxygen atoms in total. The predicted octanol–water partition coefficient (Wildman–Crippen LogP) is 4.94. The van der Waals surface area contributed by atoms with Gasteiger partial charge in [-0.25, -0.2) is 4.98 Å². The van der Waals surface area contributed by atoms with E-state index in [0.29, 0.717) is 6.04 Å². The Balaban J connectivity index is 1.35. The van der Waals surface area contributed by atoms with Gasteiger partial charge in [0.25, 0.3) is 0 Å². The first kappa shape index (κ1) is 20.6. The third-order valence-corrected chi connectivity index (χ3v) is 6.99. The second-order valence-electron chi connectivity index (χ2n) is 8.97. The highest BCUT2D eigenvalue weighted by molar-refractivity contribution is 5.94. The van der Waals surface area contributed by atoms with Crippen LogP contribution in [0.3, 0.4) is 0 Å². The smallest absolute Gasteiger partial charge is 0.159 e. The molecule has 3 aromatic rings. The van der Waals surface area contributed by atoms with Crippen LogP contribution in [0.5, 0.6) is 0 Å². The molecule has 2 aromatic heterocycles. The van der Waals surface area contributed by atoms with Crippen molar-refractivity contribution in [3.8, 4) is 6.07 Å². The van der Waals surface area contributed by atoms with Crippen molar-refractivity contribution in [1.82, 2.24) is 9.55 Å². The first-order valence-corrected chi connectivity index (χ1v) is 11.7. The average Bonchev–Trinajstić information content (AvgIpc) is 3.23. The molecule has 2 fully saturated rings. The average molecular weight is 428 g/mol. The molecule has 32 heavy (non-hydrogen) atoms. The van der Waals surface area contributed by atoms with Crippen molar-refractivity contribution in [2.24, 2.45) is 0 Å². The zero-order chi connectivity index (χ0) is 22.1. The first-order valence-electron chi connectivity index (χ1n) is 11.7. The topological polar surface area (TPSA) is 65.2 Å². The maximum atomic E-state index is 11.5. The molecule has 3 heterocycles. The number of hydrogen-bond acceptors (Lipinski definition) is 5. The second kappa shape index (κ2) is 8.66. The maximum absolute atomic E-state index is 11.5. The Kier molecular flexibility index (Phi) is 5.57. The van der Waals surface area contributed by atoms with Crippen molar-refractivity contribution >= 4 is 28.3 Å². The van der Waals surface area contributed by atoms with Gasteiger partial charge in [0.05, 0.1) is 5.56 Å². The summed E-state index contributed by atoms with van der Waals surface area (Å²) in [7, 11) is 0. The summed E-state index contributed by atoms with van der Waals surface area (Å²) in [6.07, 6.45) is 8.16. The summed E-state index contributed by atoms with van der Waals surface area (Å²) in [6.45, 7) is 5.20. The molecule has 1 aromatic carbocycles. The summed E-state index contributed by atoms with van der Waals surface area (Å²) in [6, 6.07) is 14.8. The van der Waals surface area contributed by atoms with Crippen molar-refractivity contribution in [2.75, 3.05) is 36.0 Å². The fraction of sp³-hybridized carbons (Fsp3) is 0.423. The maximum Gasteiger partial charge on any atom is 0.159 e. The Hall–Kier alpha value is -3.33. The lowest BCUT2D eigenvalue weighted by atomic mass is 9.95. The summed E-state index contributed by atoms with van der Waals surface area (Å²) in [5, 5.41) is 10.6. The largest absolute Gasteiger partial charge is 0.368 e. The summed E-state index contributed by atoms with van der Waals surface area (Å²) >= 11 is 0. The number of nitriles is 1. The van der Waals surface area contributed by atoms with Gasteiger partial charge in [-0.15, -0.1) is 0 Å². The van der Waals surface area contributed by atoms with Crippen LogP contribution in [0, 0.1) is 11.3 Å². The van der Waals surface area contributed by atoms with Crippen molar-refractivity contribution < 1.29 is 4.79 Å². The van der Waals surface area contributed by atoms with E-state index < -0.39 is 0 Å². The number of pyridine rings is 1. The molecular weight excluding hydrogens is 398 g/mol. The minimum Gasteiger partial charge on any atom is -0.368 e. The van der Waals surface area contributed by atoms with Crippen LogP contribution in [-0.2, 0) is 0 Å². The molecule has 1 saturated carbocycles. The van der Waals surface area contributed by atoms with E-state index in [-0.39, 0.29) is 5.78 Å². The highest BCUT2D eigenvalue weighted by Gasteiger charge is 2.23. The van der Waals surface area contributed by atoms with Crippen molar-refractivity contribution in [3.63, 3.8) is 0 Å². The Morgan fingerprint density at radius 2 is 1.66 bits per heavy atom. The number of ketones is 1. The normalized spacial score (nSPS) is 17.5. The zero-order valence-electron chi connectivity index (χ0n) is 18.6. The van der Waals surface area contributed by atoms with Gasteiger partial charge in [-0.3, -0.25) is 4.79 Å². The van der Waals surface area contributed by atoms with Gasteiger partial charge in [0.1, 0.15) is 17.5 Å². The van der Waals surface area contributed by atoms with Crippen LogP contribution < -0.4 is 9.80 Å². The highest BCUT2D eigenvalue weighted by atomic mass is 16.1. The van der Waals surface area contributed by atoms with Crippen molar-refractivity contribution in [2.45, 2.75) is 45.1 Å². The van der Waals surface area contributed by atoms with E-state index in [1.54, 1.807) is 6.92 Å². The Labute approximate surface area is 189 Å². The number of fused-ring (bicyclic) bond motifs is 1. The Morgan fingerprint density at radius 3 is 2.31 bits per heavy atom. The minimum atomic E-state index is 0.0976. The molecular formula is C26H29N5O. The molecule has 1 saturated heterocycles. The SMILES string of the molecule is CC(=O)c1ccc(N2CCN(c3ccc4c(C#N)cn(C5CCCCC5)c4n3)CC2)cc1. The highest BCUT2D eigenvalue weighted by Crippen LogP contribution is 2.33. The van der Waals surface area contributed by atoms with Gasteiger partial charge >= 0.3 is 0 Å². The lowest BCUT2D eigenvalue weighted by molar-refractivity contribution is 0.101. The van der Waals surface area contributed by atoms with Crippen molar-refractivity contribution in [3.05, 3.63) is 53.7 Å². The summed E-state index contributed by atoms with van der Waals surface area (Å²) in [5.41, 5.74) is 3.59. The van der Waals surface area contributed by atoms with Crippen LogP contribution in [0.1, 0.15) is 61.0 Å². The van der Waals surface area contributed by atoms with E-state index >= 15 is 0 Å². The van der Waals surface area contributed by atoms with Crippen LogP contribution in [0.2, 0.25) is 0 Å². The molecule has 2 aliphatic rings. The van der Waals surface area contributed by atoms with Gasteiger partial charge in [-0.2, -0.15) is 5.26 Å². The van der Waals surface area contributed by atoms with Gasteiger partial charge < -0.3 is 14.4 Å². The molecule has 6 heteroatoms. The van der Waals surface area contributed by atoms with E-state index in [2.05, 4.69) is 32.6 Å². The molecule has 0 amide bonds. The number of carbonyl (C=O) groups excluding carboxylic acids is 1. The van der Waals surface area contributed by atoms with Crippen LogP contribution in [0.25, 0.3) is 11.0 Å². The van der Waals surface area contributed by atoms with E-state index in [0.717, 1.165) is 59.8 Å². The summed E-state index contributed by atoms with van der Waals surface area (Å²) < 4.78 is 2.27. The Morgan fingerprint density at radius 1 is 0.969 bits per heavy atom. The Bertz CT molecular complexity index is 1160. The van der Waals surface area contributed by atoms with Gasteiger partial charge in [0.2, 0.25) is 0 Å². The number of rotatable bonds is 4. The van der Waals surface area contributed by atoms with E-state index in [1.807, 2.05) is 30.5 Å². The fourth-order valence-corrected chi connectivity index (χ4v) is 5.12.